The molecule has 1 saturated carbocycles. The topological polar surface area (TPSA) is 79.3 Å². The zero-order valence-electron chi connectivity index (χ0n) is 11.3. The third kappa shape index (κ3) is 3.30. The van der Waals surface area contributed by atoms with Gasteiger partial charge in [-0.2, -0.15) is 11.8 Å². The fourth-order valence-electron chi connectivity index (χ4n) is 2.50. The first-order valence-electron chi connectivity index (χ1n) is 6.74. The number of aromatic carboxylic acids is 1. The SMILES string of the molecule is CCSC1CCCC1NC(=O)c1ncccc1C(=O)O. The molecule has 1 aromatic rings. The average molecular weight is 294 g/mol. The minimum Gasteiger partial charge on any atom is -0.478 e. The molecule has 0 radical (unpaired) electrons. The average Bonchev–Trinajstić information content (AvgIpc) is 2.86. The Labute approximate surface area is 122 Å². The maximum atomic E-state index is 12.2. The van der Waals surface area contributed by atoms with Crippen molar-refractivity contribution in [2.75, 3.05) is 5.75 Å². The number of aromatic nitrogens is 1. The number of carboxylic acid groups (broad SMARTS) is 1. The van der Waals surface area contributed by atoms with Gasteiger partial charge in [-0.3, -0.25) is 9.78 Å². The summed E-state index contributed by atoms with van der Waals surface area (Å²) in [5.74, 6) is -0.508. The molecule has 0 aliphatic heterocycles. The van der Waals surface area contributed by atoms with Crippen molar-refractivity contribution in [1.29, 1.82) is 0 Å². The van der Waals surface area contributed by atoms with Gasteiger partial charge in [0.05, 0.1) is 5.56 Å². The van der Waals surface area contributed by atoms with Gasteiger partial charge in [-0.1, -0.05) is 13.3 Å². The number of thioether (sulfide) groups is 1. The van der Waals surface area contributed by atoms with Crippen molar-refractivity contribution in [1.82, 2.24) is 10.3 Å². The molecule has 1 aromatic heterocycles. The van der Waals surface area contributed by atoms with Crippen molar-refractivity contribution >= 4 is 23.6 Å². The lowest BCUT2D eigenvalue weighted by molar-refractivity contribution is 0.0689. The van der Waals surface area contributed by atoms with Crippen LogP contribution in [0.1, 0.15) is 47.0 Å². The summed E-state index contributed by atoms with van der Waals surface area (Å²) in [5.41, 5.74) is -0.0603. The predicted octanol–water partition coefficient (Wildman–Crippen LogP) is 2.18. The molecule has 1 heterocycles. The lowest BCUT2D eigenvalue weighted by Crippen LogP contribution is -2.39. The Kier molecular flexibility index (Phi) is 5.00. The van der Waals surface area contributed by atoms with E-state index >= 15 is 0 Å². The van der Waals surface area contributed by atoms with E-state index in [1.165, 1.54) is 18.3 Å². The predicted molar refractivity (Wildman–Crippen MR) is 78.2 cm³/mol. The van der Waals surface area contributed by atoms with Crippen LogP contribution in [0.5, 0.6) is 0 Å². The molecule has 108 valence electrons. The molecule has 0 spiro atoms. The van der Waals surface area contributed by atoms with Gasteiger partial charge in [0.2, 0.25) is 0 Å². The van der Waals surface area contributed by atoms with Gasteiger partial charge < -0.3 is 10.4 Å². The quantitative estimate of drug-likeness (QED) is 0.870. The fraction of sp³-hybridized carbons (Fsp3) is 0.500. The Bertz CT molecular complexity index is 507. The van der Waals surface area contributed by atoms with Gasteiger partial charge >= 0.3 is 5.97 Å². The molecular weight excluding hydrogens is 276 g/mol. The highest BCUT2D eigenvalue weighted by molar-refractivity contribution is 7.99. The van der Waals surface area contributed by atoms with Crippen LogP contribution in [-0.2, 0) is 0 Å². The van der Waals surface area contributed by atoms with Crippen molar-refractivity contribution < 1.29 is 14.7 Å². The van der Waals surface area contributed by atoms with E-state index in [2.05, 4.69) is 17.2 Å². The van der Waals surface area contributed by atoms with Crippen LogP contribution in [0.25, 0.3) is 0 Å². The van der Waals surface area contributed by atoms with Crippen LogP contribution < -0.4 is 5.32 Å². The summed E-state index contributed by atoms with van der Waals surface area (Å²) in [5, 5.41) is 12.4. The minimum atomic E-state index is -1.13. The van der Waals surface area contributed by atoms with Gasteiger partial charge in [0.15, 0.2) is 0 Å². The van der Waals surface area contributed by atoms with Gasteiger partial charge in [0.25, 0.3) is 5.91 Å². The van der Waals surface area contributed by atoms with E-state index < -0.39 is 11.9 Å². The first-order chi connectivity index (χ1) is 9.63. The number of nitrogens with zero attached hydrogens (tertiary/aromatic N) is 1. The smallest absolute Gasteiger partial charge is 0.338 e. The molecule has 2 N–H and O–H groups in total. The van der Waals surface area contributed by atoms with Crippen molar-refractivity contribution in [3.8, 4) is 0 Å². The van der Waals surface area contributed by atoms with Crippen molar-refractivity contribution in [3.63, 3.8) is 0 Å². The van der Waals surface area contributed by atoms with E-state index in [0.717, 1.165) is 25.0 Å². The third-order valence-electron chi connectivity index (χ3n) is 3.40. The van der Waals surface area contributed by atoms with Crippen LogP contribution in [0.2, 0.25) is 0 Å². The second-order valence-electron chi connectivity index (χ2n) is 4.71. The summed E-state index contributed by atoms with van der Waals surface area (Å²) < 4.78 is 0. The lowest BCUT2D eigenvalue weighted by atomic mass is 10.1. The van der Waals surface area contributed by atoms with E-state index in [9.17, 15) is 9.59 Å². The molecule has 5 nitrogen and oxygen atoms in total. The molecule has 0 aromatic carbocycles. The first-order valence-corrected chi connectivity index (χ1v) is 7.79. The zero-order chi connectivity index (χ0) is 14.5. The normalized spacial score (nSPS) is 21.6. The number of nitrogens with one attached hydrogen (secondary N) is 1. The number of carbonyl (C=O) groups is 2. The van der Waals surface area contributed by atoms with Gasteiger partial charge in [0.1, 0.15) is 5.69 Å². The molecule has 2 atom stereocenters. The van der Waals surface area contributed by atoms with Crippen LogP contribution in [-0.4, -0.2) is 39.0 Å². The molecule has 1 amide bonds. The molecule has 1 aliphatic carbocycles. The molecule has 2 unspecified atom stereocenters. The summed E-state index contributed by atoms with van der Waals surface area (Å²) >= 11 is 1.84. The fourth-order valence-corrected chi connectivity index (χ4v) is 3.70. The maximum absolute atomic E-state index is 12.2. The van der Waals surface area contributed by atoms with Crippen molar-refractivity contribution in [2.24, 2.45) is 0 Å². The second-order valence-corrected chi connectivity index (χ2v) is 6.23. The molecule has 1 aliphatic rings. The number of carboxylic acids is 1. The molecule has 2 rings (SSSR count). The Balaban J connectivity index is 2.10. The maximum Gasteiger partial charge on any atom is 0.338 e. The van der Waals surface area contributed by atoms with Crippen LogP contribution in [0.15, 0.2) is 18.3 Å². The number of hydrogen-bond donors (Lipinski definition) is 2. The Morgan fingerprint density at radius 1 is 1.50 bits per heavy atom. The van der Waals surface area contributed by atoms with Crippen LogP contribution in [0.3, 0.4) is 0 Å². The minimum absolute atomic E-state index is 0.00727. The Morgan fingerprint density at radius 3 is 3.00 bits per heavy atom. The third-order valence-corrected chi connectivity index (χ3v) is 4.73. The van der Waals surface area contributed by atoms with Crippen molar-refractivity contribution in [2.45, 2.75) is 37.5 Å². The Morgan fingerprint density at radius 2 is 2.30 bits per heavy atom. The zero-order valence-corrected chi connectivity index (χ0v) is 12.2. The Hall–Kier alpha value is -1.56. The molecular formula is C14H18N2O3S. The van der Waals surface area contributed by atoms with E-state index in [0.29, 0.717) is 5.25 Å². The highest BCUT2D eigenvalue weighted by Crippen LogP contribution is 2.30. The van der Waals surface area contributed by atoms with Gasteiger partial charge in [-0.05, 0) is 30.7 Å². The van der Waals surface area contributed by atoms with Gasteiger partial charge in [-0.15, -0.1) is 0 Å². The van der Waals surface area contributed by atoms with Crippen molar-refractivity contribution in [3.05, 3.63) is 29.6 Å². The summed E-state index contributed by atoms with van der Waals surface area (Å²) in [6.07, 6.45) is 4.57. The van der Waals surface area contributed by atoms with E-state index in [1.54, 1.807) is 0 Å². The summed E-state index contributed by atoms with van der Waals surface area (Å²) in [4.78, 5) is 27.2. The molecule has 20 heavy (non-hydrogen) atoms. The highest BCUT2D eigenvalue weighted by atomic mass is 32.2. The first kappa shape index (κ1) is 14.8. The number of pyridine rings is 1. The van der Waals surface area contributed by atoms with E-state index in [1.807, 2.05) is 11.8 Å². The van der Waals surface area contributed by atoms with Crippen LogP contribution >= 0.6 is 11.8 Å². The largest absolute Gasteiger partial charge is 0.478 e. The summed E-state index contributed by atoms with van der Waals surface area (Å²) in [6.45, 7) is 2.10. The van der Waals surface area contributed by atoms with Gasteiger partial charge in [-0.25, -0.2) is 4.79 Å². The van der Waals surface area contributed by atoms with Gasteiger partial charge in [0, 0.05) is 17.5 Å². The highest BCUT2D eigenvalue weighted by Gasteiger charge is 2.30. The summed E-state index contributed by atoms with van der Waals surface area (Å²) in [7, 11) is 0. The monoisotopic (exact) mass is 294 g/mol. The van der Waals surface area contributed by atoms with Crippen LogP contribution in [0, 0.1) is 0 Å². The lowest BCUT2D eigenvalue weighted by Gasteiger charge is -2.20. The number of amides is 1. The number of rotatable bonds is 5. The molecule has 0 saturated heterocycles. The molecule has 6 heteroatoms. The number of carbonyl (C=O) groups excluding carboxylic acids is 1. The van der Waals surface area contributed by atoms with E-state index in [4.69, 9.17) is 5.11 Å². The number of hydrogen-bond acceptors (Lipinski definition) is 4. The molecule has 1 fully saturated rings. The standard InChI is InChI=1S/C14H18N2O3S/c1-2-20-11-7-3-6-10(11)16-13(17)12-9(14(18)19)5-4-8-15-12/h4-5,8,10-11H,2-3,6-7H2,1H3,(H,16,17)(H,18,19). The van der Waals surface area contributed by atoms with E-state index in [-0.39, 0.29) is 17.3 Å². The second kappa shape index (κ2) is 6.74. The summed E-state index contributed by atoms with van der Waals surface area (Å²) in [6, 6.07) is 3.03. The molecule has 0 bridgehead atoms. The van der Waals surface area contributed by atoms with Crippen LogP contribution in [0.4, 0.5) is 0 Å².